The van der Waals surface area contributed by atoms with Gasteiger partial charge in [0, 0.05) is 17.1 Å². The van der Waals surface area contributed by atoms with Gasteiger partial charge in [0.2, 0.25) is 0 Å². The van der Waals surface area contributed by atoms with E-state index in [1.54, 1.807) is 18.2 Å². The minimum atomic E-state index is -2.67. The standard InChI is InChI=1S/C25H10BF10N/c27-16-14(17(28)21(32)24(35)20(16)31)26(15-18(29)22(33)25(36)23(34)19(15)30)13-9-5-4-6-11(13)10-37-12-7-2-1-3-8-12/h1-10H. The number of para-hydroxylation sites is 1. The molecule has 0 unspecified atom stereocenters. The van der Waals surface area contributed by atoms with E-state index in [4.69, 9.17) is 0 Å². The first-order valence-electron chi connectivity index (χ1n) is 10.3. The molecule has 0 spiro atoms. The Morgan fingerprint density at radius 1 is 0.459 bits per heavy atom. The third-order valence-corrected chi connectivity index (χ3v) is 5.48. The Bertz CT molecular complexity index is 1410. The molecule has 0 saturated carbocycles. The van der Waals surface area contributed by atoms with Crippen molar-refractivity contribution in [2.24, 2.45) is 4.99 Å². The first-order chi connectivity index (χ1) is 17.6. The fraction of sp³-hybridized carbons (Fsp3) is 0. The fourth-order valence-corrected chi connectivity index (χ4v) is 3.76. The van der Waals surface area contributed by atoms with Gasteiger partial charge in [0.15, 0.2) is 58.2 Å². The number of nitrogens with zero attached hydrogens (tertiary/aromatic N) is 1. The first kappa shape index (κ1) is 26.0. The van der Waals surface area contributed by atoms with Crippen LogP contribution < -0.4 is 16.4 Å². The van der Waals surface area contributed by atoms with Gasteiger partial charge in [0.1, 0.15) is 0 Å². The SMILES string of the molecule is Fc1c(F)c(F)c(B(c2ccccc2C=Nc2ccccc2)c2c(F)c(F)c(F)c(F)c2F)c(F)c1F. The molecule has 0 aliphatic heterocycles. The fourth-order valence-electron chi connectivity index (χ4n) is 3.76. The van der Waals surface area contributed by atoms with Crippen LogP contribution in [-0.4, -0.2) is 12.9 Å². The summed E-state index contributed by atoms with van der Waals surface area (Å²) in [4.78, 5) is 4.08. The summed E-state index contributed by atoms with van der Waals surface area (Å²) in [5.74, 6) is -25.1. The second kappa shape index (κ2) is 10.1. The number of hydrogen-bond donors (Lipinski definition) is 0. The van der Waals surface area contributed by atoms with Gasteiger partial charge in [-0.05, 0) is 17.7 Å². The molecule has 0 aliphatic carbocycles. The van der Waals surface area contributed by atoms with Crippen molar-refractivity contribution in [1.82, 2.24) is 0 Å². The summed E-state index contributed by atoms with van der Waals surface area (Å²) in [7, 11) is 0. The summed E-state index contributed by atoms with van der Waals surface area (Å²) in [6.07, 6.45) is 1.04. The summed E-state index contributed by atoms with van der Waals surface area (Å²) < 4.78 is 143. The van der Waals surface area contributed by atoms with E-state index in [1.165, 1.54) is 30.3 Å². The van der Waals surface area contributed by atoms with Crippen LogP contribution in [0.5, 0.6) is 0 Å². The van der Waals surface area contributed by atoms with E-state index in [0.29, 0.717) is 5.69 Å². The zero-order chi connectivity index (χ0) is 27.0. The van der Waals surface area contributed by atoms with Crippen LogP contribution in [0.4, 0.5) is 49.6 Å². The van der Waals surface area contributed by atoms with Crippen LogP contribution in [0.15, 0.2) is 59.6 Å². The number of hydrogen-bond acceptors (Lipinski definition) is 1. The number of halogens is 10. The normalized spacial score (nSPS) is 11.4. The molecule has 4 aromatic carbocycles. The molecule has 12 heteroatoms. The van der Waals surface area contributed by atoms with Crippen molar-refractivity contribution in [3.63, 3.8) is 0 Å². The lowest BCUT2D eigenvalue weighted by Crippen LogP contribution is -2.59. The van der Waals surface area contributed by atoms with Gasteiger partial charge in [-0.15, -0.1) is 0 Å². The molecule has 0 amide bonds. The quantitative estimate of drug-likeness (QED) is 0.110. The maximum Gasteiger partial charge on any atom is 0.257 e. The lowest BCUT2D eigenvalue weighted by atomic mass is 9.35. The van der Waals surface area contributed by atoms with Crippen LogP contribution in [0.25, 0.3) is 0 Å². The highest BCUT2D eigenvalue weighted by Gasteiger charge is 2.41. The van der Waals surface area contributed by atoms with E-state index in [-0.39, 0.29) is 5.56 Å². The van der Waals surface area contributed by atoms with Crippen molar-refractivity contribution in [1.29, 1.82) is 0 Å². The molecule has 0 aliphatic rings. The molecule has 0 saturated heterocycles. The largest absolute Gasteiger partial charge is 0.257 e. The molecule has 1 nitrogen and oxygen atoms in total. The van der Waals surface area contributed by atoms with E-state index in [2.05, 4.69) is 4.99 Å². The van der Waals surface area contributed by atoms with Gasteiger partial charge in [0.25, 0.3) is 6.71 Å². The first-order valence-corrected chi connectivity index (χ1v) is 10.3. The summed E-state index contributed by atoms with van der Waals surface area (Å²) >= 11 is 0. The predicted octanol–water partition coefficient (Wildman–Crippen LogP) is 5.34. The minimum absolute atomic E-state index is 0.177. The minimum Gasteiger partial charge on any atom is -0.256 e. The molecule has 188 valence electrons. The van der Waals surface area contributed by atoms with Crippen LogP contribution in [0.2, 0.25) is 0 Å². The highest BCUT2D eigenvalue weighted by molar-refractivity contribution is 6.96. The smallest absolute Gasteiger partial charge is 0.256 e. The zero-order valence-corrected chi connectivity index (χ0v) is 18.1. The molecule has 0 radical (unpaired) electrons. The number of rotatable bonds is 5. The Morgan fingerprint density at radius 2 is 0.838 bits per heavy atom. The molecule has 0 N–H and O–H groups in total. The molecule has 0 bridgehead atoms. The van der Waals surface area contributed by atoms with Gasteiger partial charge >= 0.3 is 0 Å². The van der Waals surface area contributed by atoms with Crippen molar-refractivity contribution in [2.75, 3.05) is 0 Å². The van der Waals surface area contributed by atoms with Crippen LogP contribution in [-0.2, 0) is 0 Å². The average Bonchev–Trinajstić information content (AvgIpc) is 2.91. The van der Waals surface area contributed by atoms with Crippen molar-refractivity contribution >= 4 is 35.0 Å². The molecule has 0 aromatic heterocycles. The molecular weight excluding hydrogens is 515 g/mol. The van der Waals surface area contributed by atoms with Gasteiger partial charge in [-0.2, -0.15) is 0 Å². The second-order valence-electron chi connectivity index (χ2n) is 7.62. The second-order valence-corrected chi connectivity index (χ2v) is 7.62. The maximum absolute atomic E-state index is 14.9. The Hall–Kier alpha value is -4.09. The predicted molar refractivity (Wildman–Crippen MR) is 117 cm³/mol. The Kier molecular flexibility index (Phi) is 7.11. The van der Waals surface area contributed by atoms with Crippen LogP contribution in [0.3, 0.4) is 0 Å². The van der Waals surface area contributed by atoms with Crippen LogP contribution in [0.1, 0.15) is 5.56 Å². The Balaban J connectivity index is 2.11. The highest BCUT2D eigenvalue weighted by atomic mass is 19.2. The van der Waals surface area contributed by atoms with Crippen molar-refractivity contribution < 1.29 is 43.9 Å². The van der Waals surface area contributed by atoms with Gasteiger partial charge in [0.05, 0.1) is 5.69 Å². The van der Waals surface area contributed by atoms with Gasteiger partial charge in [-0.1, -0.05) is 47.9 Å². The summed E-state index contributed by atoms with van der Waals surface area (Å²) in [6, 6.07) is 12.6. The molecule has 0 atom stereocenters. The summed E-state index contributed by atoms with van der Waals surface area (Å²) in [5, 5.41) is 0. The molecule has 37 heavy (non-hydrogen) atoms. The van der Waals surface area contributed by atoms with Crippen LogP contribution >= 0.6 is 0 Å². The Morgan fingerprint density at radius 3 is 1.30 bits per heavy atom. The van der Waals surface area contributed by atoms with E-state index >= 15 is 0 Å². The van der Waals surface area contributed by atoms with E-state index in [1.807, 2.05) is 0 Å². The van der Waals surface area contributed by atoms with Crippen molar-refractivity contribution in [3.05, 3.63) is 118 Å². The molecule has 4 rings (SSSR count). The average molecular weight is 525 g/mol. The van der Waals surface area contributed by atoms with E-state index in [0.717, 1.165) is 12.3 Å². The van der Waals surface area contributed by atoms with Crippen molar-refractivity contribution in [3.8, 4) is 0 Å². The topological polar surface area (TPSA) is 12.4 Å². The lowest BCUT2D eigenvalue weighted by Gasteiger charge is -2.21. The monoisotopic (exact) mass is 525 g/mol. The number of benzene rings is 4. The van der Waals surface area contributed by atoms with Gasteiger partial charge in [-0.25, -0.2) is 43.9 Å². The lowest BCUT2D eigenvalue weighted by molar-refractivity contribution is 0.382. The third-order valence-electron chi connectivity index (χ3n) is 5.48. The van der Waals surface area contributed by atoms with Gasteiger partial charge < -0.3 is 0 Å². The van der Waals surface area contributed by atoms with Crippen molar-refractivity contribution in [2.45, 2.75) is 0 Å². The number of aliphatic imine (C=N–C) groups is 1. The molecule has 0 heterocycles. The van der Waals surface area contributed by atoms with Gasteiger partial charge in [-0.3, -0.25) is 4.99 Å². The highest BCUT2D eigenvalue weighted by Crippen LogP contribution is 2.21. The third kappa shape index (κ3) is 4.47. The van der Waals surface area contributed by atoms with E-state index in [9.17, 15) is 43.9 Å². The summed E-state index contributed by atoms with van der Waals surface area (Å²) in [6.45, 7) is -2.67. The molecule has 0 fully saturated rings. The Labute approximate surface area is 202 Å². The van der Waals surface area contributed by atoms with Crippen LogP contribution in [0, 0.1) is 58.2 Å². The molecular formula is C25H10BF10N. The molecule has 4 aromatic rings. The maximum atomic E-state index is 14.9. The summed E-state index contributed by atoms with van der Waals surface area (Å²) in [5.41, 5.74) is -4.04. The van der Waals surface area contributed by atoms with E-state index < -0.39 is 81.3 Å². The zero-order valence-electron chi connectivity index (χ0n) is 18.1.